The number of nitrogens with zero attached hydrogens (tertiary/aromatic N) is 4. The normalized spacial score (nSPS) is 10.9. The van der Waals surface area contributed by atoms with Crippen LogP contribution in [0.3, 0.4) is 0 Å². The predicted molar refractivity (Wildman–Crippen MR) is 115 cm³/mol. The Bertz CT molecular complexity index is 989. The van der Waals surface area contributed by atoms with Gasteiger partial charge in [-0.05, 0) is 35.4 Å². The van der Waals surface area contributed by atoms with Gasteiger partial charge in [0.1, 0.15) is 0 Å². The van der Waals surface area contributed by atoms with E-state index in [1.807, 2.05) is 24.3 Å². The third kappa shape index (κ3) is 5.70. The summed E-state index contributed by atoms with van der Waals surface area (Å²) in [6, 6.07) is 19.3. The van der Waals surface area contributed by atoms with E-state index in [1.165, 1.54) is 24.3 Å². The fourth-order valence-corrected chi connectivity index (χ4v) is 2.35. The van der Waals surface area contributed by atoms with Gasteiger partial charge in [-0.2, -0.15) is 10.2 Å². The van der Waals surface area contributed by atoms with Crippen LogP contribution in [0, 0.1) is 20.2 Å². The van der Waals surface area contributed by atoms with Gasteiger partial charge in [-0.3, -0.25) is 31.1 Å². The number of non-ortho nitro benzene ring substituents is 2. The number of hydrogen-bond acceptors (Lipinski definition) is 8. The molecule has 0 amide bonds. The molecule has 0 saturated heterocycles. The van der Waals surface area contributed by atoms with Gasteiger partial charge in [0.05, 0.1) is 33.7 Å². The molecule has 0 heterocycles. The van der Waals surface area contributed by atoms with Crippen molar-refractivity contribution in [3.05, 3.63) is 104 Å². The molecule has 0 atom stereocenters. The highest BCUT2D eigenvalue weighted by molar-refractivity contribution is 5.84. The zero-order valence-corrected chi connectivity index (χ0v) is 15.5. The lowest BCUT2D eigenvalue weighted by molar-refractivity contribution is -0.385. The van der Waals surface area contributed by atoms with Crippen LogP contribution >= 0.6 is 0 Å². The summed E-state index contributed by atoms with van der Waals surface area (Å²) in [5.74, 6) is 0. The minimum atomic E-state index is -0.459. The van der Waals surface area contributed by atoms with E-state index < -0.39 is 9.85 Å². The summed E-state index contributed by atoms with van der Waals surface area (Å²) in [7, 11) is 0. The summed E-state index contributed by atoms with van der Waals surface area (Å²) in [5.41, 5.74) is 8.63. The van der Waals surface area contributed by atoms with Gasteiger partial charge in [0, 0.05) is 24.3 Å². The number of hydrazone groups is 2. The maximum absolute atomic E-state index is 10.6. The van der Waals surface area contributed by atoms with Gasteiger partial charge in [-0.1, -0.05) is 24.3 Å². The molecule has 0 aliphatic rings. The molecule has 0 bridgehead atoms. The molecule has 3 rings (SSSR count). The van der Waals surface area contributed by atoms with Gasteiger partial charge >= 0.3 is 0 Å². The average molecular weight is 404 g/mol. The van der Waals surface area contributed by atoms with Gasteiger partial charge in [0.25, 0.3) is 11.4 Å². The molecule has 10 nitrogen and oxygen atoms in total. The van der Waals surface area contributed by atoms with Gasteiger partial charge in [-0.25, -0.2) is 0 Å². The van der Waals surface area contributed by atoms with Crippen molar-refractivity contribution in [3.8, 4) is 0 Å². The third-order valence-electron chi connectivity index (χ3n) is 3.91. The van der Waals surface area contributed by atoms with Crippen molar-refractivity contribution in [2.75, 3.05) is 10.9 Å². The third-order valence-corrected chi connectivity index (χ3v) is 3.91. The Morgan fingerprint density at radius 1 is 0.600 bits per heavy atom. The fraction of sp³-hybridized carbons (Fsp3) is 0. The molecule has 0 saturated carbocycles. The Kier molecular flexibility index (Phi) is 6.41. The number of nitrogens with one attached hydrogen (secondary N) is 2. The van der Waals surface area contributed by atoms with Crippen molar-refractivity contribution >= 4 is 35.2 Å². The maximum atomic E-state index is 10.6. The van der Waals surface area contributed by atoms with E-state index in [0.29, 0.717) is 11.4 Å². The molecule has 10 heteroatoms. The van der Waals surface area contributed by atoms with Crippen molar-refractivity contribution in [3.63, 3.8) is 0 Å². The molecule has 0 fully saturated rings. The van der Waals surface area contributed by atoms with Crippen LogP contribution in [-0.4, -0.2) is 22.3 Å². The molecule has 30 heavy (non-hydrogen) atoms. The summed E-state index contributed by atoms with van der Waals surface area (Å²) in [5, 5.41) is 29.5. The SMILES string of the molecule is O=[N+]([O-])c1ccc(N/N=C\c2ccc(/C=N\Nc3ccc([N+](=O)[O-])cc3)cc2)cc1. The van der Waals surface area contributed by atoms with E-state index >= 15 is 0 Å². The van der Waals surface area contributed by atoms with Crippen LogP contribution in [0.1, 0.15) is 11.1 Å². The molecule has 0 aliphatic carbocycles. The number of nitro groups is 2. The second-order valence-corrected chi connectivity index (χ2v) is 6.01. The Labute approximate surface area is 170 Å². The number of rotatable bonds is 8. The monoisotopic (exact) mass is 404 g/mol. The first-order chi connectivity index (χ1) is 14.5. The molecule has 150 valence electrons. The van der Waals surface area contributed by atoms with E-state index in [9.17, 15) is 20.2 Å². The quantitative estimate of drug-likeness (QED) is 0.325. The van der Waals surface area contributed by atoms with Crippen LogP contribution in [0.25, 0.3) is 0 Å². The van der Waals surface area contributed by atoms with Crippen LogP contribution in [0.4, 0.5) is 22.7 Å². The highest BCUT2D eigenvalue weighted by atomic mass is 16.6. The topological polar surface area (TPSA) is 135 Å². The van der Waals surface area contributed by atoms with Crippen molar-refractivity contribution in [2.45, 2.75) is 0 Å². The molecule has 0 aliphatic heterocycles. The van der Waals surface area contributed by atoms with Crippen LogP contribution in [-0.2, 0) is 0 Å². The summed E-state index contributed by atoms with van der Waals surface area (Å²) in [6.07, 6.45) is 3.24. The molecular weight excluding hydrogens is 388 g/mol. The minimum absolute atomic E-state index is 0.0184. The molecular formula is C20H16N6O4. The lowest BCUT2D eigenvalue weighted by Gasteiger charge is -2.00. The van der Waals surface area contributed by atoms with E-state index in [0.717, 1.165) is 11.1 Å². The maximum Gasteiger partial charge on any atom is 0.269 e. The second-order valence-electron chi connectivity index (χ2n) is 6.01. The van der Waals surface area contributed by atoms with Gasteiger partial charge in [0.2, 0.25) is 0 Å². The van der Waals surface area contributed by atoms with Crippen LogP contribution < -0.4 is 10.9 Å². The van der Waals surface area contributed by atoms with Crippen molar-refractivity contribution in [1.82, 2.24) is 0 Å². The van der Waals surface area contributed by atoms with Gasteiger partial charge in [-0.15, -0.1) is 0 Å². The highest BCUT2D eigenvalue weighted by Gasteiger charge is 2.03. The molecule has 0 aromatic heterocycles. The minimum Gasteiger partial charge on any atom is -0.278 e. The van der Waals surface area contributed by atoms with E-state index in [1.54, 1.807) is 36.7 Å². The van der Waals surface area contributed by atoms with Crippen LogP contribution in [0.2, 0.25) is 0 Å². The summed E-state index contributed by atoms with van der Waals surface area (Å²) in [4.78, 5) is 20.3. The van der Waals surface area contributed by atoms with Crippen molar-refractivity contribution in [1.29, 1.82) is 0 Å². The van der Waals surface area contributed by atoms with Crippen LogP contribution in [0.15, 0.2) is 83.0 Å². The summed E-state index contributed by atoms with van der Waals surface area (Å²) in [6.45, 7) is 0. The van der Waals surface area contributed by atoms with Crippen LogP contribution in [0.5, 0.6) is 0 Å². The Balaban J connectivity index is 1.51. The molecule has 2 N–H and O–H groups in total. The van der Waals surface area contributed by atoms with Crippen molar-refractivity contribution in [2.24, 2.45) is 10.2 Å². The smallest absolute Gasteiger partial charge is 0.269 e. The van der Waals surface area contributed by atoms with Gasteiger partial charge < -0.3 is 0 Å². The van der Waals surface area contributed by atoms with E-state index in [-0.39, 0.29) is 11.4 Å². The molecule has 0 unspecified atom stereocenters. The molecule has 0 radical (unpaired) electrons. The second kappa shape index (κ2) is 9.55. The highest BCUT2D eigenvalue weighted by Crippen LogP contribution is 2.16. The Morgan fingerprint density at radius 2 is 0.933 bits per heavy atom. The largest absolute Gasteiger partial charge is 0.278 e. The first kappa shape index (κ1) is 20.1. The lowest BCUT2D eigenvalue weighted by Crippen LogP contribution is -1.93. The molecule has 3 aromatic rings. The number of benzene rings is 3. The van der Waals surface area contributed by atoms with Gasteiger partial charge in [0.15, 0.2) is 0 Å². The zero-order chi connectivity index (χ0) is 21.3. The number of nitro benzene ring substituents is 2. The Hall–Kier alpha value is -4.60. The fourth-order valence-electron chi connectivity index (χ4n) is 2.35. The van der Waals surface area contributed by atoms with E-state index in [2.05, 4.69) is 21.1 Å². The molecule has 0 spiro atoms. The first-order valence-corrected chi connectivity index (χ1v) is 8.68. The molecule has 3 aromatic carbocycles. The lowest BCUT2D eigenvalue weighted by atomic mass is 10.2. The summed E-state index contributed by atoms with van der Waals surface area (Å²) >= 11 is 0. The predicted octanol–water partition coefficient (Wildman–Crippen LogP) is 4.40. The van der Waals surface area contributed by atoms with Crippen molar-refractivity contribution < 1.29 is 9.85 Å². The van der Waals surface area contributed by atoms with E-state index in [4.69, 9.17) is 0 Å². The zero-order valence-electron chi connectivity index (χ0n) is 15.5. The first-order valence-electron chi connectivity index (χ1n) is 8.68. The number of anilines is 2. The Morgan fingerprint density at radius 3 is 1.23 bits per heavy atom. The standard InChI is InChI=1S/C20H16N6O4/c27-25(28)19-9-5-17(6-10-19)23-21-13-15-1-2-16(4-3-15)14-22-24-18-7-11-20(12-8-18)26(29)30/h1-14,23-24H/b21-13-,22-14-. The summed E-state index contributed by atoms with van der Waals surface area (Å²) < 4.78 is 0. The average Bonchev–Trinajstić information content (AvgIpc) is 2.75. The number of hydrogen-bond donors (Lipinski definition) is 2.